The largest absolute Gasteiger partial charge is 0.388 e. The third-order valence-corrected chi connectivity index (χ3v) is 6.16. The zero-order valence-corrected chi connectivity index (χ0v) is 13.9. The lowest BCUT2D eigenvalue weighted by molar-refractivity contribution is -0.0847. The average Bonchev–Trinajstić information content (AvgIpc) is 2.64. The molecule has 0 bridgehead atoms. The smallest absolute Gasteiger partial charge is 0.0860 e. The van der Waals surface area contributed by atoms with Crippen molar-refractivity contribution in [1.82, 2.24) is 0 Å². The molecular formula is C18H31NO. The maximum Gasteiger partial charge on any atom is 0.0860 e. The van der Waals surface area contributed by atoms with E-state index < -0.39 is 11.0 Å². The number of aliphatic hydroxyl groups is 1. The Morgan fingerprint density at radius 3 is 1.95 bits per heavy atom. The van der Waals surface area contributed by atoms with E-state index in [1.165, 1.54) is 0 Å². The van der Waals surface area contributed by atoms with Crippen molar-refractivity contribution in [3.05, 3.63) is 0 Å². The molecule has 0 spiro atoms. The van der Waals surface area contributed by atoms with Gasteiger partial charge in [0.15, 0.2) is 0 Å². The molecule has 0 saturated heterocycles. The first-order chi connectivity index (χ1) is 9.04. The summed E-state index contributed by atoms with van der Waals surface area (Å²) >= 11 is 0. The molecule has 2 heteroatoms. The van der Waals surface area contributed by atoms with Crippen LogP contribution in [0.1, 0.15) is 79.6 Å². The van der Waals surface area contributed by atoms with Gasteiger partial charge in [-0.05, 0) is 61.7 Å². The molecule has 114 valence electrons. The van der Waals surface area contributed by atoms with E-state index in [2.05, 4.69) is 40.7 Å². The van der Waals surface area contributed by atoms with Crippen LogP contribution >= 0.6 is 0 Å². The molecular weight excluding hydrogens is 246 g/mol. The average molecular weight is 277 g/mol. The fraction of sp³-hybridized carbons (Fsp3) is 0.944. The summed E-state index contributed by atoms with van der Waals surface area (Å²) in [4.78, 5) is 0. The Morgan fingerprint density at radius 2 is 1.60 bits per heavy atom. The number of rotatable bonds is 1. The molecule has 1 unspecified atom stereocenters. The van der Waals surface area contributed by atoms with Crippen LogP contribution in [0.15, 0.2) is 0 Å². The van der Waals surface area contributed by atoms with Crippen molar-refractivity contribution in [3.63, 3.8) is 0 Å². The van der Waals surface area contributed by atoms with Gasteiger partial charge in [0.2, 0.25) is 0 Å². The fourth-order valence-corrected chi connectivity index (χ4v) is 4.58. The molecule has 2 nitrogen and oxygen atoms in total. The zero-order chi connectivity index (χ0) is 15.2. The van der Waals surface area contributed by atoms with Crippen LogP contribution in [0.4, 0.5) is 0 Å². The first-order valence-corrected chi connectivity index (χ1v) is 8.17. The van der Waals surface area contributed by atoms with E-state index in [4.69, 9.17) is 0 Å². The highest BCUT2D eigenvalue weighted by atomic mass is 16.3. The van der Waals surface area contributed by atoms with Crippen LogP contribution in [0.5, 0.6) is 0 Å². The van der Waals surface area contributed by atoms with Gasteiger partial charge in [-0.2, -0.15) is 5.26 Å². The molecule has 2 rings (SSSR count). The van der Waals surface area contributed by atoms with E-state index in [1.807, 2.05) is 0 Å². The highest BCUT2D eigenvalue weighted by molar-refractivity contribution is 5.16. The van der Waals surface area contributed by atoms with Gasteiger partial charge in [0, 0.05) is 0 Å². The minimum atomic E-state index is -0.756. The number of hydrogen-bond donors (Lipinski definition) is 1. The van der Waals surface area contributed by atoms with Crippen molar-refractivity contribution in [2.75, 3.05) is 0 Å². The van der Waals surface area contributed by atoms with Crippen LogP contribution in [-0.2, 0) is 0 Å². The summed E-state index contributed by atoms with van der Waals surface area (Å²) in [5, 5.41) is 21.0. The predicted molar refractivity (Wildman–Crippen MR) is 82.0 cm³/mol. The van der Waals surface area contributed by atoms with Crippen LogP contribution in [0.2, 0.25) is 0 Å². The molecule has 0 amide bonds. The normalized spacial score (nSPS) is 41.4. The van der Waals surface area contributed by atoms with Gasteiger partial charge >= 0.3 is 0 Å². The van der Waals surface area contributed by atoms with Gasteiger partial charge in [0.05, 0.1) is 17.1 Å². The van der Waals surface area contributed by atoms with Gasteiger partial charge in [-0.3, -0.25) is 0 Å². The zero-order valence-electron chi connectivity index (χ0n) is 13.9. The summed E-state index contributed by atoms with van der Waals surface area (Å²) in [6, 6.07) is 2.56. The second-order valence-electron chi connectivity index (χ2n) is 9.21. The van der Waals surface area contributed by atoms with Crippen LogP contribution in [0.3, 0.4) is 0 Å². The molecule has 0 radical (unpaired) electrons. The summed E-state index contributed by atoms with van der Waals surface area (Å²) in [6.07, 6.45) is 6.53. The highest BCUT2D eigenvalue weighted by Crippen LogP contribution is 2.58. The lowest BCUT2D eigenvalue weighted by atomic mass is 9.58. The summed E-state index contributed by atoms with van der Waals surface area (Å²) in [5.41, 5.74) is -0.755. The Balaban J connectivity index is 2.16. The first-order valence-electron chi connectivity index (χ1n) is 8.17. The lowest BCUT2D eigenvalue weighted by Gasteiger charge is -2.47. The maximum absolute atomic E-state index is 11.2. The van der Waals surface area contributed by atoms with Crippen molar-refractivity contribution in [2.24, 2.45) is 22.2 Å². The second kappa shape index (κ2) is 4.73. The minimum absolute atomic E-state index is 0.180. The Bertz CT molecular complexity index is 404. The van der Waals surface area contributed by atoms with Gasteiger partial charge in [-0.15, -0.1) is 0 Å². The first kappa shape index (κ1) is 15.8. The SMILES string of the molecule is CC1(C)CCC(O)(C2(C#N)CCC(C(C)(C)C)CC2)C1. The summed E-state index contributed by atoms with van der Waals surface area (Å²) in [7, 11) is 0. The molecule has 1 atom stereocenters. The quantitative estimate of drug-likeness (QED) is 0.756. The predicted octanol–water partition coefficient (Wildman–Crippen LogP) is 4.67. The third-order valence-electron chi connectivity index (χ3n) is 6.16. The molecule has 0 aromatic carbocycles. The van der Waals surface area contributed by atoms with Gasteiger partial charge < -0.3 is 5.11 Å². The van der Waals surface area contributed by atoms with Gasteiger partial charge in [-0.25, -0.2) is 0 Å². The molecule has 2 fully saturated rings. The maximum atomic E-state index is 11.2. The minimum Gasteiger partial charge on any atom is -0.388 e. The van der Waals surface area contributed by atoms with Crippen molar-refractivity contribution in [2.45, 2.75) is 85.2 Å². The lowest BCUT2D eigenvalue weighted by Crippen LogP contribution is -2.49. The third kappa shape index (κ3) is 2.62. The Hall–Kier alpha value is -0.550. The monoisotopic (exact) mass is 277 g/mol. The molecule has 2 saturated carbocycles. The van der Waals surface area contributed by atoms with Crippen LogP contribution < -0.4 is 0 Å². The van der Waals surface area contributed by atoms with Crippen LogP contribution in [0, 0.1) is 33.5 Å². The van der Waals surface area contributed by atoms with Gasteiger partial charge in [-0.1, -0.05) is 34.6 Å². The molecule has 0 aromatic rings. The topological polar surface area (TPSA) is 44.0 Å². The molecule has 20 heavy (non-hydrogen) atoms. The number of nitrogens with zero attached hydrogens (tertiary/aromatic N) is 1. The van der Waals surface area contributed by atoms with Crippen molar-refractivity contribution >= 4 is 0 Å². The molecule has 0 aliphatic heterocycles. The molecule has 0 heterocycles. The highest BCUT2D eigenvalue weighted by Gasteiger charge is 2.57. The van der Waals surface area contributed by atoms with Crippen molar-refractivity contribution < 1.29 is 5.11 Å². The van der Waals surface area contributed by atoms with Gasteiger partial charge in [0.1, 0.15) is 0 Å². The molecule has 2 aliphatic carbocycles. The summed E-state index contributed by atoms with van der Waals surface area (Å²) in [6.45, 7) is 11.3. The van der Waals surface area contributed by atoms with Crippen molar-refractivity contribution in [3.8, 4) is 6.07 Å². The number of hydrogen-bond acceptors (Lipinski definition) is 2. The van der Waals surface area contributed by atoms with E-state index in [1.54, 1.807) is 0 Å². The fourth-order valence-electron chi connectivity index (χ4n) is 4.58. The van der Waals surface area contributed by atoms with E-state index in [-0.39, 0.29) is 5.41 Å². The van der Waals surface area contributed by atoms with E-state index in [0.717, 1.165) is 44.9 Å². The second-order valence-corrected chi connectivity index (χ2v) is 9.21. The van der Waals surface area contributed by atoms with E-state index >= 15 is 0 Å². The molecule has 2 aliphatic rings. The standard InChI is InChI=1S/C18H31NO/c1-15(2,3)14-6-8-17(13-19,9-7-14)18(20)11-10-16(4,5)12-18/h14,20H,6-12H2,1-5H3. The molecule has 1 N–H and O–H groups in total. The van der Waals surface area contributed by atoms with Crippen LogP contribution in [-0.4, -0.2) is 10.7 Å². The Kier molecular flexibility index (Phi) is 3.75. The van der Waals surface area contributed by atoms with Crippen LogP contribution in [0.25, 0.3) is 0 Å². The summed E-state index contributed by atoms with van der Waals surface area (Å²) in [5.74, 6) is 0.682. The summed E-state index contributed by atoms with van der Waals surface area (Å²) < 4.78 is 0. The van der Waals surface area contributed by atoms with E-state index in [0.29, 0.717) is 11.3 Å². The molecule has 0 aromatic heterocycles. The number of nitriles is 1. The van der Waals surface area contributed by atoms with Gasteiger partial charge in [0.25, 0.3) is 0 Å². The van der Waals surface area contributed by atoms with E-state index in [9.17, 15) is 10.4 Å². The Morgan fingerprint density at radius 1 is 1.05 bits per heavy atom. The Labute approximate surface area is 124 Å². The van der Waals surface area contributed by atoms with Crippen molar-refractivity contribution in [1.29, 1.82) is 5.26 Å².